The van der Waals surface area contributed by atoms with Crippen LogP contribution >= 0.6 is 0 Å². The van der Waals surface area contributed by atoms with Gasteiger partial charge in [-0.25, -0.2) is 0 Å². The molecule has 1 rings (SSSR count). The summed E-state index contributed by atoms with van der Waals surface area (Å²) in [7, 11) is 1.76. The van der Waals surface area contributed by atoms with Crippen molar-refractivity contribution in [1.82, 2.24) is 5.01 Å². The monoisotopic (exact) mass is 313 g/mol. The molecular weight excluding hydrogens is 290 g/mol. The molecule has 0 aliphatic heterocycles. The summed E-state index contributed by atoms with van der Waals surface area (Å²) in [5, 5.41) is 9.75. The molecule has 0 aromatic heterocycles. The van der Waals surface area contributed by atoms with E-state index in [0.29, 0.717) is 36.2 Å². The molecule has 0 unspecified atom stereocenters. The standard InChI is InChI=1S/C18H23N3O2/c1-13(2)17(22)10-11-21(5)20-19-16-8-6-15(7-9-16)12-18(23)14(3)4/h6-9H,1,3,10-12H2,2,4-5H3. The fraction of sp³-hybridized carbons (Fsp3) is 0.333. The Balaban J connectivity index is 2.53. The van der Waals surface area contributed by atoms with Crippen molar-refractivity contribution in [3.05, 3.63) is 54.1 Å². The van der Waals surface area contributed by atoms with Gasteiger partial charge >= 0.3 is 0 Å². The number of nitrogens with zero attached hydrogens (tertiary/aromatic N) is 3. The molecule has 122 valence electrons. The number of hydrogen-bond donors (Lipinski definition) is 0. The summed E-state index contributed by atoms with van der Waals surface area (Å²) in [5.74, 6) is 0.0554. The van der Waals surface area contributed by atoms with Gasteiger partial charge in [0.2, 0.25) is 0 Å². The number of carbonyl (C=O) groups is 2. The summed E-state index contributed by atoms with van der Waals surface area (Å²) in [6, 6.07) is 7.30. The van der Waals surface area contributed by atoms with E-state index in [-0.39, 0.29) is 11.6 Å². The zero-order valence-electron chi connectivity index (χ0n) is 14.0. The molecule has 0 bridgehead atoms. The summed E-state index contributed by atoms with van der Waals surface area (Å²) in [6.07, 6.45) is 0.711. The Hall–Kier alpha value is -2.56. The fourth-order valence-electron chi connectivity index (χ4n) is 1.67. The maximum Gasteiger partial charge on any atom is 0.162 e. The second-order valence-electron chi connectivity index (χ2n) is 5.57. The van der Waals surface area contributed by atoms with Crippen molar-refractivity contribution < 1.29 is 9.59 Å². The van der Waals surface area contributed by atoms with Crippen molar-refractivity contribution >= 4 is 17.3 Å². The van der Waals surface area contributed by atoms with Gasteiger partial charge in [-0.15, -0.1) is 5.11 Å². The quantitative estimate of drug-likeness (QED) is 0.395. The predicted molar refractivity (Wildman–Crippen MR) is 91.6 cm³/mol. The van der Waals surface area contributed by atoms with Crippen LogP contribution in [0.5, 0.6) is 0 Å². The first-order chi connectivity index (χ1) is 10.8. The highest BCUT2D eigenvalue weighted by Crippen LogP contribution is 2.15. The number of rotatable bonds is 9. The molecule has 0 saturated heterocycles. The van der Waals surface area contributed by atoms with Crippen LogP contribution in [-0.4, -0.2) is 30.2 Å². The van der Waals surface area contributed by atoms with Crippen molar-refractivity contribution in [3.8, 4) is 0 Å². The molecule has 0 fully saturated rings. The van der Waals surface area contributed by atoms with E-state index < -0.39 is 0 Å². The summed E-state index contributed by atoms with van der Waals surface area (Å²) in [4.78, 5) is 23.1. The smallest absolute Gasteiger partial charge is 0.162 e. The van der Waals surface area contributed by atoms with Crippen LogP contribution < -0.4 is 0 Å². The van der Waals surface area contributed by atoms with Crippen molar-refractivity contribution in [1.29, 1.82) is 0 Å². The molecule has 0 atom stereocenters. The van der Waals surface area contributed by atoms with Crippen molar-refractivity contribution in [3.63, 3.8) is 0 Å². The molecule has 0 amide bonds. The molecule has 0 aliphatic carbocycles. The zero-order valence-corrected chi connectivity index (χ0v) is 14.0. The average Bonchev–Trinajstić information content (AvgIpc) is 2.51. The van der Waals surface area contributed by atoms with Gasteiger partial charge in [0.05, 0.1) is 5.69 Å². The van der Waals surface area contributed by atoms with E-state index >= 15 is 0 Å². The van der Waals surface area contributed by atoms with E-state index in [9.17, 15) is 9.59 Å². The lowest BCUT2D eigenvalue weighted by molar-refractivity contribution is -0.116. The number of ketones is 2. The van der Waals surface area contributed by atoms with Gasteiger partial charge in [0, 0.05) is 26.4 Å². The lowest BCUT2D eigenvalue weighted by Crippen LogP contribution is -2.15. The van der Waals surface area contributed by atoms with Crippen molar-refractivity contribution in [2.24, 2.45) is 10.3 Å². The molecule has 1 aromatic carbocycles. The van der Waals surface area contributed by atoms with Crippen LogP contribution in [0.4, 0.5) is 5.69 Å². The van der Waals surface area contributed by atoms with Crippen LogP contribution in [0.15, 0.2) is 58.9 Å². The molecule has 0 N–H and O–H groups in total. The highest BCUT2D eigenvalue weighted by atomic mass is 16.1. The topological polar surface area (TPSA) is 62.1 Å². The lowest BCUT2D eigenvalue weighted by atomic mass is 10.1. The van der Waals surface area contributed by atoms with E-state index in [0.717, 1.165) is 5.56 Å². The Morgan fingerprint density at radius 2 is 1.61 bits per heavy atom. The Morgan fingerprint density at radius 1 is 1.04 bits per heavy atom. The minimum Gasteiger partial charge on any atom is -0.295 e. The molecule has 5 heteroatoms. The largest absolute Gasteiger partial charge is 0.295 e. The van der Waals surface area contributed by atoms with E-state index in [4.69, 9.17) is 0 Å². The van der Waals surface area contributed by atoms with Gasteiger partial charge in [-0.05, 0) is 42.7 Å². The van der Waals surface area contributed by atoms with E-state index in [2.05, 4.69) is 23.5 Å². The van der Waals surface area contributed by atoms with Crippen LogP contribution in [0.2, 0.25) is 0 Å². The second-order valence-corrected chi connectivity index (χ2v) is 5.57. The van der Waals surface area contributed by atoms with E-state index in [1.807, 2.05) is 12.1 Å². The highest BCUT2D eigenvalue weighted by Gasteiger charge is 2.05. The summed E-state index contributed by atoms with van der Waals surface area (Å²) >= 11 is 0. The van der Waals surface area contributed by atoms with Gasteiger partial charge in [0.15, 0.2) is 11.6 Å². The molecule has 5 nitrogen and oxygen atoms in total. The van der Waals surface area contributed by atoms with Crippen LogP contribution in [0.3, 0.4) is 0 Å². The Morgan fingerprint density at radius 3 is 2.13 bits per heavy atom. The van der Waals surface area contributed by atoms with Gasteiger partial charge < -0.3 is 0 Å². The molecule has 0 radical (unpaired) electrons. The number of carbonyl (C=O) groups excluding carboxylic acids is 2. The third-order valence-electron chi connectivity index (χ3n) is 3.23. The fourth-order valence-corrected chi connectivity index (χ4v) is 1.67. The third-order valence-corrected chi connectivity index (χ3v) is 3.23. The maximum absolute atomic E-state index is 11.6. The molecule has 0 aliphatic rings. The Kier molecular flexibility index (Phi) is 7.06. The molecule has 0 heterocycles. The lowest BCUT2D eigenvalue weighted by Gasteiger charge is -2.10. The van der Waals surface area contributed by atoms with Crippen LogP contribution in [-0.2, 0) is 16.0 Å². The molecular formula is C18H23N3O2. The third kappa shape index (κ3) is 6.82. The first-order valence-electron chi connectivity index (χ1n) is 7.38. The Bertz CT molecular complexity index is 630. The second kappa shape index (κ2) is 8.78. The predicted octanol–water partition coefficient (Wildman–Crippen LogP) is 3.84. The zero-order chi connectivity index (χ0) is 17.4. The normalized spacial score (nSPS) is 10.6. The molecule has 0 saturated carbocycles. The van der Waals surface area contributed by atoms with Gasteiger partial charge in [-0.3, -0.25) is 14.6 Å². The van der Waals surface area contributed by atoms with Crippen molar-refractivity contribution in [2.75, 3.05) is 13.6 Å². The Labute approximate surface area is 137 Å². The average molecular weight is 313 g/mol. The number of hydrogen-bond acceptors (Lipinski definition) is 4. The molecule has 1 aromatic rings. The number of allylic oxidation sites excluding steroid dienone is 2. The number of Topliss-reactive ketones (excluding diaryl/α,β-unsaturated/α-hetero) is 2. The minimum atomic E-state index is 0.0265. The minimum absolute atomic E-state index is 0.0265. The van der Waals surface area contributed by atoms with Crippen LogP contribution in [0.1, 0.15) is 25.8 Å². The first-order valence-corrected chi connectivity index (χ1v) is 7.38. The number of benzene rings is 1. The van der Waals surface area contributed by atoms with Crippen LogP contribution in [0.25, 0.3) is 0 Å². The van der Waals surface area contributed by atoms with Crippen molar-refractivity contribution in [2.45, 2.75) is 26.7 Å². The first kappa shape index (κ1) is 18.5. The van der Waals surface area contributed by atoms with Gasteiger partial charge in [0.25, 0.3) is 0 Å². The SMILES string of the molecule is C=C(C)C(=O)CCN(C)N=Nc1ccc(CC(=O)C(=C)C)cc1. The van der Waals surface area contributed by atoms with Crippen LogP contribution in [0, 0.1) is 0 Å². The molecule has 23 heavy (non-hydrogen) atoms. The summed E-state index contributed by atoms with van der Waals surface area (Å²) in [6.45, 7) is 11.1. The highest BCUT2D eigenvalue weighted by molar-refractivity contribution is 5.95. The summed E-state index contributed by atoms with van der Waals surface area (Å²) < 4.78 is 0. The van der Waals surface area contributed by atoms with Gasteiger partial charge in [-0.1, -0.05) is 30.5 Å². The van der Waals surface area contributed by atoms with Gasteiger partial charge in [-0.2, -0.15) is 0 Å². The van der Waals surface area contributed by atoms with E-state index in [1.54, 1.807) is 38.0 Å². The van der Waals surface area contributed by atoms with Gasteiger partial charge in [0.1, 0.15) is 0 Å². The maximum atomic E-state index is 11.6. The summed E-state index contributed by atoms with van der Waals surface area (Å²) in [5.41, 5.74) is 2.71. The van der Waals surface area contributed by atoms with E-state index in [1.165, 1.54) is 0 Å². The molecule has 0 spiro atoms.